The smallest absolute Gasteiger partial charge is 0.0353 e. The van der Waals surface area contributed by atoms with E-state index in [1.165, 1.54) is 19.3 Å². The van der Waals surface area contributed by atoms with Crippen LogP contribution in [0.25, 0.3) is 0 Å². The number of benzene rings is 1. The van der Waals surface area contributed by atoms with Crippen molar-refractivity contribution in [3.8, 4) is 11.8 Å². The summed E-state index contributed by atoms with van der Waals surface area (Å²) < 4.78 is 0. The molecule has 0 heterocycles. The molecule has 2 aliphatic carbocycles. The van der Waals surface area contributed by atoms with E-state index >= 15 is 0 Å². The Morgan fingerprint density at radius 3 is 2.44 bits per heavy atom. The molecule has 1 nitrogen and oxygen atoms in total. The van der Waals surface area contributed by atoms with Crippen molar-refractivity contribution in [2.75, 3.05) is 14.1 Å². The van der Waals surface area contributed by atoms with Gasteiger partial charge in [-0.2, -0.15) is 0 Å². The van der Waals surface area contributed by atoms with Gasteiger partial charge in [-0.15, -0.1) is 11.8 Å². The molecule has 0 aliphatic heterocycles. The Morgan fingerprint density at radius 2 is 1.78 bits per heavy atom. The number of rotatable bonds is 1. The van der Waals surface area contributed by atoms with E-state index in [9.17, 15) is 0 Å². The van der Waals surface area contributed by atoms with Crippen LogP contribution >= 0.6 is 0 Å². The van der Waals surface area contributed by atoms with Crippen LogP contribution < -0.4 is 0 Å². The lowest BCUT2D eigenvalue weighted by Crippen LogP contribution is -2.25. The Morgan fingerprint density at radius 1 is 1.11 bits per heavy atom. The zero-order valence-corrected chi connectivity index (χ0v) is 11.4. The average molecular weight is 239 g/mol. The fourth-order valence-electron chi connectivity index (χ4n) is 3.70. The van der Waals surface area contributed by atoms with E-state index in [1.54, 1.807) is 11.1 Å². The van der Waals surface area contributed by atoms with Gasteiger partial charge in [-0.25, -0.2) is 0 Å². The Balaban J connectivity index is 2.03. The van der Waals surface area contributed by atoms with Crippen molar-refractivity contribution in [3.05, 3.63) is 35.4 Å². The van der Waals surface area contributed by atoms with E-state index in [4.69, 9.17) is 0 Å². The van der Waals surface area contributed by atoms with Gasteiger partial charge in [-0.05, 0) is 49.9 Å². The Kier molecular flexibility index (Phi) is 2.92. The minimum Gasteiger partial charge on any atom is -0.302 e. The standard InChI is InChI=1S/C17H21N/c1-18(2)16-13-17(11-7-3-4-8-12-17)15-10-6-5-9-14(15)16/h5-6,9-10,16H,7-8,11-13H2,1-2H3. The first-order valence-corrected chi connectivity index (χ1v) is 6.94. The van der Waals surface area contributed by atoms with Gasteiger partial charge in [0, 0.05) is 18.9 Å². The lowest BCUT2D eigenvalue weighted by atomic mass is 9.75. The lowest BCUT2D eigenvalue weighted by molar-refractivity contribution is 0.243. The molecule has 94 valence electrons. The van der Waals surface area contributed by atoms with Gasteiger partial charge in [0.05, 0.1) is 0 Å². The topological polar surface area (TPSA) is 3.24 Å². The zero-order valence-electron chi connectivity index (χ0n) is 11.4. The van der Waals surface area contributed by atoms with Crippen LogP contribution in [0, 0.1) is 11.8 Å². The fourth-order valence-corrected chi connectivity index (χ4v) is 3.70. The van der Waals surface area contributed by atoms with Crippen molar-refractivity contribution < 1.29 is 0 Å². The molecule has 0 N–H and O–H groups in total. The van der Waals surface area contributed by atoms with Crippen molar-refractivity contribution >= 4 is 0 Å². The van der Waals surface area contributed by atoms with Gasteiger partial charge in [0.2, 0.25) is 0 Å². The molecular formula is C17H21N. The number of hydrogen-bond donors (Lipinski definition) is 0. The highest BCUT2D eigenvalue weighted by molar-refractivity contribution is 5.43. The number of fused-ring (bicyclic) bond motifs is 2. The summed E-state index contributed by atoms with van der Waals surface area (Å²) in [4.78, 5) is 2.37. The summed E-state index contributed by atoms with van der Waals surface area (Å²) in [5, 5.41) is 0. The summed E-state index contributed by atoms with van der Waals surface area (Å²) in [6.07, 6.45) is 5.87. The second-order valence-electron chi connectivity index (χ2n) is 5.90. The maximum absolute atomic E-state index is 3.31. The molecule has 0 bridgehead atoms. The third-order valence-electron chi connectivity index (χ3n) is 4.68. The van der Waals surface area contributed by atoms with Gasteiger partial charge < -0.3 is 4.90 Å². The summed E-state index contributed by atoms with van der Waals surface area (Å²) >= 11 is 0. The molecular weight excluding hydrogens is 218 g/mol. The first kappa shape index (κ1) is 11.8. The highest BCUT2D eigenvalue weighted by atomic mass is 15.1. The first-order valence-electron chi connectivity index (χ1n) is 6.94. The van der Waals surface area contributed by atoms with E-state index in [2.05, 4.69) is 55.1 Å². The minimum absolute atomic E-state index is 0.377. The van der Waals surface area contributed by atoms with Crippen molar-refractivity contribution in [1.82, 2.24) is 4.90 Å². The molecule has 1 heteroatoms. The highest BCUT2D eigenvalue weighted by Gasteiger charge is 2.43. The SMILES string of the molecule is CN(C)C1CC2(CCC#CCC2)c2ccccc21. The quantitative estimate of drug-likeness (QED) is 0.678. The summed E-state index contributed by atoms with van der Waals surface area (Å²) in [5.41, 5.74) is 3.51. The van der Waals surface area contributed by atoms with Gasteiger partial charge in [-0.1, -0.05) is 24.3 Å². The number of hydrogen-bond acceptors (Lipinski definition) is 1. The van der Waals surface area contributed by atoms with Gasteiger partial charge in [-0.3, -0.25) is 0 Å². The van der Waals surface area contributed by atoms with Gasteiger partial charge >= 0.3 is 0 Å². The summed E-state index contributed by atoms with van der Waals surface area (Å²) in [6, 6.07) is 9.63. The van der Waals surface area contributed by atoms with Crippen LogP contribution in [0.4, 0.5) is 0 Å². The largest absolute Gasteiger partial charge is 0.302 e. The Bertz CT molecular complexity index is 492. The molecule has 3 rings (SSSR count). The molecule has 2 aliphatic rings. The van der Waals surface area contributed by atoms with Crippen molar-refractivity contribution in [1.29, 1.82) is 0 Å². The molecule has 0 saturated carbocycles. The van der Waals surface area contributed by atoms with Crippen molar-refractivity contribution in [2.24, 2.45) is 0 Å². The van der Waals surface area contributed by atoms with E-state index in [-0.39, 0.29) is 0 Å². The fraction of sp³-hybridized carbons (Fsp3) is 0.529. The van der Waals surface area contributed by atoms with Crippen LogP contribution in [0.2, 0.25) is 0 Å². The molecule has 0 aromatic heterocycles. The second kappa shape index (κ2) is 4.44. The van der Waals surface area contributed by atoms with Gasteiger partial charge in [0.1, 0.15) is 0 Å². The number of nitrogens with zero attached hydrogens (tertiary/aromatic N) is 1. The van der Waals surface area contributed by atoms with Crippen molar-refractivity contribution in [3.63, 3.8) is 0 Å². The first-order chi connectivity index (χ1) is 8.73. The molecule has 1 atom stereocenters. The second-order valence-corrected chi connectivity index (χ2v) is 5.90. The Hall–Kier alpha value is -1.26. The molecule has 0 fully saturated rings. The molecule has 0 amide bonds. The zero-order chi connectivity index (χ0) is 12.6. The van der Waals surface area contributed by atoms with Crippen LogP contribution in [0.1, 0.15) is 49.3 Å². The van der Waals surface area contributed by atoms with Crippen LogP contribution in [0.3, 0.4) is 0 Å². The summed E-state index contributed by atoms with van der Waals surface area (Å²) in [6.45, 7) is 0. The highest BCUT2D eigenvalue weighted by Crippen LogP contribution is 2.52. The normalized spacial score (nSPS) is 24.5. The van der Waals surface area contributed by atoms with E-state index < -0.39 is 0 Å². The van der Waals surface area contributed by atoms with Crippen LogP contribution in [-0.4, -0.2) is 19.0 Å². The predicted molar refractivity (Wildman–Crippen MR) is 75.4 cm³/mol. The molecule has 1 unspecified atom stereocenters. The van der Waals surface area contributed by atoms with Crippen LogP contribution in [0.15, 0.2) is 24.3 Å². The van der Waals surface area contributed by atoms with E-state index in [0.29, 0.717) is 11.5 Å². The third kappa shape index (κ3) is 1.76. The lowest BCUT2D eigenvalue weighted by Gasteiger charge is -2.30. The van der Waals surface area contributed by atoms with Crippen LogP contribution in [-0.2, 0) is 5.41 Å². The molecule has 1 spiro atoms. The van der Waals surface area contributed by atoms with Gasteiger partial charge in [0.15, 0.2) is 0 Å². The van der Waals surface area contributed by atoms with E-state index in [0.717, 1.165) is 12.8 Å². The average Bonchev–Trinajstić information content (AvgIpc) is 2.53. The predicted octanol–water partition coefficient (Wildman–Crippen LogP) is 3.51. The monoisotopic (exact) mass is 239 g/mol. The maximum atomic E-state index is 3.31. The summed E-state index contributed by atoms with van der Waals surface area (Å²) in [5.74, 6) is 6.62. The van der Waals surface area contributed by atoms with Crippen LogP contribution in [0.5, 0.6) is 0 Å². The Labute approximate surface area is 110 Å². The van der Waals surface area contributed by atoms with Crippen molar-refractivity contribution in [2.45, 2.75) is 43.6 Å². The summed E-state index contributed by atoms with van der Waals surface area (Å²) in [7, 11) is 4.40. The minimum atomic E-state index is 0.377. The maximum Gasteiger partial charge on any atom is 0.0353 e. The molecule has 18 heavy (non-hydrogen) atoms. The molecule has 0 radical (unpaired) electrons. The van der Waals surface area contributed by atoms with Gasteiger partial charge in [0.25, 0.3) is 0 Å². The van der Waals surface area contributed by atoms with E-state index in [1.807, 2.05) is 0 Å². The molecule has 1 aromatic carbocycles. The third-order valence-corrected chi connectivity index (χ3v) is 4.68. The molecule has 0 saturated heterocycles. The molecule has 1 aromatic rings.